The number of amides is 1. The van der Waals surface area contributed by atoms with E-state index in [4.69, 9.17) is 0 Å². The number of rotatable bonds is 6. The first-order valence-corrected chi connectivity index (χ1v) is 8.31. The molecule has 2 unspecified atom stereocenters. The summed E-state index contributed by atoms with van der Waals surface area (Å²) >= 11 is 0. The maximum Gasteiger partial charge on any atom is 0.222 e. The smallest absolute Gasteiger partial charge is 0.222 e. The monoisotopic (exact) mass is 353 g/mol. The van der Waals surface area contributed by atoms with Crippen molar-refractivity contribution < 1.29 is 4.79 Å². The molecule has 1 amide bonds. The van der Waals surface area contributed by atoms with Gasteiger partial charge in [0.05, 0.1) is 0 Å². The van der Waals surface area contributed by atoms with E-state index in [0.29, 0.717) is 11.9 Å². The summed E-state index contributed by atoms with van der Waals surface area (Å²) in [6.07, 6.45) is 8.13. The SMILES string of the molecule is CN(CCC1CCCCN1C)C(=O)CCC1CCNC1.Cl.Cl. The Morgan fingerprint density at radius 1 is 1.23 bits per heavy atom. The zero-order valence-corrected chi connectivity index (χ0v) is 15.7. The summed E-state index contributed by atoms with van der Waals surface area (Å²) in [6, 6.07) is 0.679. The van der Waals surface area contributed by atoms with E-state index in [-0.39, 0.29) is 24.8 Å². The largest absolute Gasteiger partial charge is 0.346 e. The molecule has 0 aliphatic carbocycles. The van der Waals surface area contributed by atoms with Gasteiger partial charge in [-0.05, 0) is 64.7 Å². The van der Waals surface area contributed by atoms with E-state index < -0.39 is 0 Å². The number of halogens is 2. The Balaban J connectivity index is 0.00000220. The molecule has 0 aromatic rings. The molecule has 2 aliphatic rings. The first-order valence-electron chi connectivity index (χ1n) is 8.31. The summed E-state index contributed by atoms with van der Waals surface area (Å²) in [6.45, 7) is 4.36. The number of likely N-dealkylation sites (tertiary alicyclic amines) is 1. The Morgan fingerprint density at radius 2 is 2.00 bits per heavy atom. The number of nitrogens with one attached hydrogen (secondary N) is 1. The fourth-order valence-corrected chi connectivity index (χ4v) is 3.46. The first-order chi connectivity index (χ1) is 9.66. The number of carbonyl (C=O) groups is 1. The molecule has 2 fully saturated rings. The van der Waals surface area contributed by atoms with Crippen LogP contribution in [0.4, 0.5) is 0 Å². The maximum absolute atomic E-state index is 12.1. The average molecular weight is 354 g/mol. The van der Waals surface area contributed by atoms with Gasteiger partial charge in [-0.15, -0.1) is 24.8 Å². The topological polar surface area (TPSA) is 35.6 Å². The van der Waals surface area contributed by atoms with Gasteiger partial charge in [-0.25, -0.2) is 0 Å². The van der Waals surface area contributed by atoms with Gasteiger partial charge in [0.2, 0.25) is 5.91 Å². The maximum atomic E-state index is 12.1. The quantitative estimate of drug-likeness (QED) is 0.796. The minimum absolute atomic E-state index is 0. The van der Waals surface area contributed by atoms with Crippen molar-refractivity contribution in [3.8, 4) is 0 Å². The molecule has 22 heavy (non-hydrogen) atoms. The Labute approximate surface area is 148 Å². The fourth-order valence-electron chi connectivity index (χ4n) is 3.46. The van der Waals surface area contributed by atoms with Gasteiger partial charge in [-0.1, -0.05) is 6.42 Å². The van der Waals surface area contributed by atoms with Crippen LogP contribution in [-0.4, -0.2) is 62.0 Å². The Bertz CT molecular complexity index is 312. The molecule has 1 N–H and O–H groups in total. The highest BCUT2D eigenvalue weighted by molar-refractivity contribution is 5.85. The molecule has 0 bridgehead atoms. The van der Waals surface area contributed by atoms with Gasteiger partial charge in [-0.3, -0.25) is 4.79 Å². The molecule has 2 atom stereocenters. The van der Waals surface area contributed by atoms with Crippen molar-refractivity contribution >= 4 is 30.7 Å². The Kier molecular flexibility index (Phi) is 11.5. The zero-order valence-electron chi connectivity index (χ0n) is 14.1. The van der Waals surface area contributed by atoms with Gasteiger partial charge in [0.15, 0.2) is 0 Å². The molecule has 0 saturated carbocycles. The lowest BCUT2D eigenvalue weighted by molar-refractivity contribution is -0.130. The van der Waals surface area contributed by atoms with Crippen LogP contribution in [0, 0.1) is 5.92 Å². The van der Waals surface area contributed by atoms with Crippen LogP contribution in [0.1, 0.15) is 44.9 Å². The van der Waals surface area contributed by atoms with E-state index in [1.165, 1.54) is 32.2 Å². The number of carbonyl (C=O) groups excluding carboxylic acids is 1. The van der Waals surface area contributed by atoms with Crippen molar-refractivity contribution in [1.82, 2.24) is 15.1 Å². The van der Waals surface area contributed by atoms with E-state index in [9.17, 15) is 4.79 Å². The van der Waals surface area contributed by atoms with Crippen molar-refractivity contribution in [3.05, 3.63) is 0 Å². The molecular weight excluding hydrogens is 321 g/mol. The van der Waals surface area contributed by atoms with Gasteiger partial charge in [0, 0.05) is 26.1 Å². The lowest BCUT2D eigenvalue weighted by Crippen LogP contribution is -2.39. The molecular formula is C16H33Cl2N3O. The molecule has 2 heterocycles. The molecule has 0 spiro atoms. The van der Waals surface area contributed by atoms with Gasteiger partial charge in [-0.2, -0.15) is 0 Å². The van der Waals surface area contributed by atoms with Crippen LogP contribution in [-0.2, 0) is 4.79 Å². The summed E-state index contributed by atoms with van der Waals surface area (Å²) in [5.74, 6) is 1.05. The standard InChI is InChI=1S/C16H31N3O.2ClH/c1-18-11-4-3-5-15(18)9-12-19(2)16(20)7-6-14-8-10-17-13-14;;/h14-15,17H,3-13H2,1-2H3;2*1H. The van der Waals surface area contributed by atoms with E-state index in [1.807, 2.05) is 11.9 Å². The van der Waals surface area contributed by atoms with Crippen molar-refractivity contribution in [2.75, 3.05) is 40.3 Å². The number of piperidine rings is 1. The second-order valence-electron chi connectivity index (χ2n) is 6.63. The normalized spacial score (nSPS) is 25.2. The highest BCUT2D eigenvalue weighted by Crippen LogP contribution is 2.18. The van der Waals surface area contributed by atoms with Gasteiger partial charge in [0.1, 0.15) is 0 Å². The lowest BCUT2D eigenvalue weighted by atomic mass is 9.99. The van der Waals surface area contributed by atoms with Crippen molar-refractivity contribution in [2.24, 2.45) is 5.92 Å². The van der Waals surface area contributed by atoms with Crippen molar-refractivity contribution in [2.45, 2.75) is 51.0 Å². The summed E-state index contributed by atoms with van der Waals surface area (Å²) in [7, 11) is 4.19. The minimum Gasteiger partial charge on any atom is -0.346 e. The Morgan fingerprint density at radius 3 is 2.64 bits per heavy atom. The highest BCUT2D eigenvalue weighted by Gasteiger charge is 2.21. The van der Waals surface area contributed by atoms with E-state index >= 15 is 0 Å². The molecule has 6 heteroatoms. The average Bonchev–Trinajstić information content (AvgIpc) is 2.97. The van der Waals surface area contributed by atoms with E-state index in [2.05, 4.69) is 17.3 Å². The van der Waals surface area contributed by atoms with Crippen molar-refractivity contribution in [1.29, 1.82) is 0 Å². The minimum atomic E-state index is 0. The van der Waals surface area contributed by atoms with Gasteiger partial charge >= 0.3 is 0 Å². The fraction of sp³-hybridized carbons (Fsp3) is 0.938. The highest BCUT2D eigenvalue weighted by atomic mass is 35.5. The first kappa shape index (κ1) is 22.0. The predicted molar refractivity (Wildman–Crippen MR) is 97.2 cm³/mol. The summed E-state index contributed by atoms with van der Waals surface area (Å²) in [4.78, 5) is 16.6. The molecule has 132 valence electrons. The summed E-state index contributed by atoms with van der Waals surface area (Å²) in [5, 5.41) is 3.37. The molecule has 0 aromatic heterocycles. The molecule has 2 aliphatic heterocycles. The van der Waals surface area contributed by atoms with Crippen LogP contribution in [0.5, 0.6) is 0 Å². The number of nitrogens with zero attached hydrogens (tertiary/aromatic N) is 2. The summed E-state index contributed by atoms with van der Waals surface area (Å²) < 4.78 is 0. The second-order valence-corrected chi connectivity index (χ2v) is 6.63. The van der Waals surface area contributed by atoms with Crippen LogP contribution in [0.15, 0.2) is 0 Å². The molecule has 0 aromatic carbocycles. The van der Waals surface area contributed by atoms with E-state index in [1.54, 1.807) is 0 Å². The Hall–Kier alpha value is -0.0300. The van der Waals surface area contributed by atoms with Gasteiger partial charge < -0.3 is 15.1 Å². The molecule has 4 nitrogen and oxygen atoms in total. The third kappa shape index (κ3) is 7.03. The number of hydrogen-bond acceptors (Lipinski definition) is 3. The van der Waals surface area contributed by atoms with Crippen LogP contribution in [0.2, 0.25) is 0 Å². The van der Waals surface area contributed by atoms with E-state index in [0.717, 1.165) is 44.8 Å². The van der Waals surface area contributed by atoms with Crippen LogP contribution >= 0.6 is 24.8 Å². The van der Waals surface area contributed by atoms with Gasteiger partial charge in [0.25, 0.3) is 0 Å². The number of hydrogen-bond donors (Lipinski definition) is 1. The van der Waals surface area contributed by atoms with Crippen LogP contribution in [0.3, 0.4) is 0 Å². The molecule has 0 radical (unpaired) electrons. The van der Waals surface area contributed by atoms with Crippen LogP contribution in [0.25, 0.3) is 0 Å². The lowest BCUT2D eigenvalue weighted by Gasteiger charge is -2.33. The second kappa shape index (κ2) is 11.5. The summed E-state index contributed by atoms with van der Waals surface area (Å²) in [5.41, 5.74) is 0. The molecule has 2 saturated heterocycles. The van der Waals surface area contributed by atoms with Crippen LogP contribution < -0.4 is 5.32 Å². The molecule has 2 rings (SSSR count). The predicted octanol–water partition coefficient (Wildman–Crippen LogP) is 2.55. The third-order valence-corrected chi connectivity index (χ3v) is 5.07. The van der Waals surface area contributed by atoms with Crippen molar-refractivity contribution in [3.63, 3.8) is 0 Å². The zero-order chi connectivity index (χ0) is 14.4. The third-order valence-electron chi connectivity index (χ3n) is 5.07.